The molecule has 0 aliphatic carbocycles. The van der Waals surface area contributed by atoms with E-state index in [1.54, 1.807) is 11.1 Å². The molecule has 1 aromatic heterocycles. The predicted molar refractivity (Wildman–Crippen MR) is 85.0 cm³/mol. The van der Waals surface area contributed by atoms with Crippen LogP contribution in [-0.4, -0.2) is 78.2 Å². The van der Waals surface area contributed by atoms with E-state index in [0.29, 0.717) is 24.6 Å². The molecule has 122 valence electrons. The van der Waals surface area contributed by atoms with Crippen LogP contribution in [0.5, 0.6) is 0 Å². The SMILES string of the molecule is CCN(CC)C(=O)c1cnc(NCCN2CCOCC2)cn1. The molecular formula is C15H25N5O2. The fourth-order valence-electron chi connectivity index (χ4n) is 2.37. The van der Waals surface area contributed by atoms with E-state index in [-0.39, 0.29) is 5.91 Å². The molecule has 0 radical (unpaired) electrons. The number of aromatic nitrogens is 2. The summed E-state index contributed by atoms with van der Waals surface area (Å²) in [6, 6.07) is 0. The van der Waals surface area contributed by atoms with Gasteiger partial charge in [0.15, 0.2) is 0 Å². The first-order valence-electron chi connectivity index (χ1n) is 7.89. The van der Waals surface area contributed by atoms with Crippen molar-refractivity contribution in [3.63, 3.8) is 0 Å². The number of hydrogen-bond donors (Lipinski definition) is 1. The van der Waals surface area contributed by atoms with Crippen molar-refractivity contribution in [2.75, 3.05) is 57.8 Å². The minimum absolute atomic E-state index is 0.0719. The van der Waals surface area contributed by atoms with Gasteiger partial charge in [-0.05, 0) is 13.8 Å². The van der Waals surface area contributed by atoms with Crippen molar-refractivity contribution in [2.45, 2.75) is 13.8 Å². The lowest BCUT2D eigenvalue weighted by Gasteiger charge is -2.26. The topological polar surface area (TPSA) is 70.6 Å². The highest BCUT2D eigenvalue weighted by molar-refractivity contribution is 5.92. The minimum Gasteiger partial charge on any atom is -0.379 e. The van der Waals surface area contributed by atoms with E-state index in [1.165, 1.54) is 6.20 Å². The summed E-state index contributed by atoms with van der Waals surface area (Å²) in [5.74, 6) is 0.627. The fraction of sp³-hybridized carbons (Fsp3) is 0.667. The number of nitrogens with one attached hydrogen (secondary N) is 1. The maximum absolute atomic E-state index is 12.1. The third-order valence-corrected chi connectivity index (χ3v) is 3.76. The molecule has 0 aromatic carbocycles. The second-order valence-electron chi connectivity index (χ2n) is 5.15. The van der Waals surface area contributed by atoms with Gasteiger partial charge in [0.05, 0.1) is 25.6 Å². The summed E-state index contributed by atoms with van der Waals surface area (Å²) in [6.07, 6.45) is 3.16. The lowest BCUT2D eigenvalue weighted by atomic mass is 10.3. The Bertz CT molecular complexity index is 456. The van der Waals surface area contributed by atoms with Gasteiger partial charge in [0, 0.05) is 39.3 Å². The number of carbonyl (C=O) groups excluding carboxylic acids is 1. The molecule has 1 fully saturated rings. The highest BCUT2D eigenvalue weighted by Crippen LogP contribution is 2.05. The number of morpholine rings is 1. The largest absolute Gasteiger partial charge is 0.379 e. The van der Waals surface area contributed by atoms with Gasteiger partial charge in [-0.1, -0.05) is 0 Å². The first kappa shape index (κ1) is 16.6. The number of hydrogen-bond acceptors (Lipinski definition) is 6. The summed E-state index contributed by atoms with van der Waals surface area (Å²) >= 11 is 0. The molecule has 0 bridgehead atoms. The Kier molecular flexibility index (Phi) is 6.54. The van der Waals surface area contributed by atoms with Crippen LogP contribution in [-0.2, 0) is 4.74 Å². The molecule has 7 nitrogen and oxygen atoms in total. The second kappa shape index (κ2) is 8.65. The zero-order valence-corrected chi connectivity index (χ0v) is 13.4. The first-order chi connectivity index (χ1) is 10.7. The Hall–Kier alpha value is -1.73. The van der Waals surface area contributed by atoms with Crippen LogP contribution in [0.15, 0.2) is 12.4 Å². The van der Waals surface area contributed by atoms with Gasteiger partial charge in [0.1, 0.15) is 11.5 Å². The summed E-state index contributed by atoms with van der Waals surface area (Å²) in [5, 5.41) is 3.23. The maximum Gasteiger partial charge on any atom is 0.274 e. The molecule has 1 N–H and O–H groups in total. The number of anilines is 1. The van der Waals surface area contributed by atoms with Gasteiger partial charge < -0.3 is 15.0 Å². The van der Waals surface area contributed by atoms with Crippen LogP contribution in [0.4, 0.5) is 5.82 Å². The van der Waals surface area contributed by atoms with Crippen molar-refractivity contribution in [2.24, 2.45) is 0 Å². The monoisotopic (exact) mass is 307 g/mol. The van der Waals surface area contributed by atoms with Crippen LogP contribution < -0.4 is 5.32 Å². The summed E-state index contributed by atoms with van der Waals surface area (Å²) in [4.78, 5) is 24.7. The average Bonchev–Trinajstić information content (AvgIpc) is 2.57. The highest BCUT2D eigenvalue weighted by atomic mass is 16.5. The third kappa shape index (κ3) is 4.64. The van der Waals surface area contributed by atoms with Crippen molar-refractivity contribution in [3.05, 3.63) is 18.1 Å². The summed E-state index contributed by atoms with van der Waals surface area (Å²) in [5.41, 5.74) is 0.391. The third-order valence-electron chi connectivity index (χ3n) is 3.76. The van der Waals surface area contributed by atoms with E-state index in [4.69, 9.17) is 4.74 Å². The van der Waals surface area contributed by atoms with E-state index in [0.717, 1.165) is 39.4 Å². The van der Waals surface area contributed by atoms with Gasteiger partial charge in [-0.15, -0.1) is 0 Å². The molecular weight excluding hydrogens is 282 g/mol. The van der Waals surface area contributed by atoms with E-state index < -0.39 is 0 Å². The molecule has 0 atom stereocenters. The van der Waals surface area contributed by atoms with E-state index in [9.17, 15) is 4.79 Å². The van der Waals surface area contributed by atoms with Crippen LogP contribution in [0.25, 0.3) is 0 Å². The average molecular weight is 307 g/mol. The summed E-state index contributed by atoms with van der Waals surface area (Å²) in [7, 11) is 0. The van der Waals surface area contributed by atoms with E-state index >= 15 is 0 Å². The molecule has 0 saturated carbocycles. The Morgan fingerprint density at radius 1 is 1.27 bits per heavy atom. The van der Waals surface area contributed by atoms with Gasteiger partial charge in [-0.2, -0.15) is 0 Å². The van der Waals surface area contributed by atoms with Crippen molar-refractivity contribution in [1.82, 2.24) is 19.8 Å². The molecule has 22 heavy (non-hydrogen) atoms. The van der Waals surface area contributed by atoms with Crippen LogP contribution in [0.1, 0.15) is 24.3 Å². The van der Waals surface area contributed by atoms with Crippen LogP contribution in [0, 0.1) is 0 Å². The smallest absolute Gasteiger partial charge is 0.274 e. The molecule has 2 rings (SSSR count). The van der Waals surface area contributed by atoms with Crippen molar-refractivity contribution >= 4 is 11.7 Å². The number of ether oxygens (including phenoxy) is 1. The zero-order chi connectivity index (χ0) is 15.8. The molecule has 1 saturated heterocycles. The fourth-order valence-corrected chi connectivity index (χ4v) is 2.37. The van der Waals surface area contributed by atoms with Gasteiger partial charge in [0.25, 0.3) is 5.91 Å². The second-order valence-corrected chi connectivity index (χ2v) is 5.15. The standard InChI is InChI=1S/C15H25N5O2/c1-3-20(4-2)15(21)13-11-18-14(12-17-13)16-5-6-19-7-9-22-10-8-19/h11-12H,3-10H2,1-2H3,(H,16,18). The number of nitrogens with zero attached hydrogens (tertiary/aromatic N) is 4. The number of rotatable bonds is 7. The van der Waals surface area contributed by atoms with Gasteiger partial charge in [0.2, 0.25) is 0 Å². The van der Waals surface area contributed by atoms with E-state index in [1.807, 2.05) is 13.8 Å². The Labute approximate surface area is 131 Å². The number of carbonyl (C=O) groups is 1. The maximum atomic E-state index is 12.1. The molecule has 1 aromatic rings. The molecule has 1 amide bonds. The quantitative estimate of drug-likeness (QED) is 0.800. The molecule has 0 spiro atoms. The number of amides is 1. The normalized spacial score (nSPS) is 15.5. The van der Waals surface area contributed by atoms with Crippen LogP contribution in [0.3, 0.4) is 0 Å². The molecule has 7 heteroatoms. The predicted octanol–water partition coefficient (Wildman–Crippen LogP) is 0.703. The zero-order valence-electron chi connectivity index (χ0n) is 13.4. The molecule has 2 heterocycles. The van der Waals surface area contributed by atoms with Gasteiger partial charge in [-0.25, -0.2) is 9.97 Å². The van der Waals surface area contributed by atoms with Crippen molar-refractivity contribution in [3.8, 4) is 0 Å². The molecule has 1 aliphatic heterocycles. The van der Waals surface area contributed by atoms with Crippen molar-refractivity contribution in [1.29, 1.82) is 0 Å². The Morgan fingerprint density at radius 3 is 2.59 bits per heavy atom. The minimum atomic E-state index is -0.0719. The van der Waals surface area contributed by atoms with E-state index in [2.05, 4.69) is 20.2 Å². The molecule has 1 aliphatic rings. The van der Waals surface area contributed by atoms with Gasteiger partial charge >= 0.3 is 0 Å². The molecule has 0 unspecified atom stereocenters. The first-order valence-corrected chi connectivity index (χ1v) is 7.89. The lowest BCUT2D eigenvalue weighted by Crippen LogP contribution is -2.39. The highest BCUT2D eigenvalue weighted by Gasteiger charge is 2.14. The Morgan fingerprint density at radius 2 is 2.00 bits per heavy atom. The van der Waals surface area contributed by atoms with Crippen LogP contribution >= 0.6 is 0 Å². The van der Waals surface area contributed by atoms with Crippen LogP contribution in [0.2, 0.25) is 0 Å². The van der Waals surface area contributed by atoms with Gasteiger partial charge in [-0.3, -0.25) is 9.69 Å². The summed E-state index contributed by atoms with van der Waals surface area (Å²) < 4.78 is 5.32. The van der Waals surface area contributed by atoms with Crippen molar-refractivity contribution < 1.29 is 9.53 Å². The summed E-state index contributed by atoms with van der Waals surface area (Å²) in [6.45, 7) is 10.6. The lowest BCUT2D eigenvalue weighted by molar-refractivity contribution is 0.0398. The Balaban J connectivity index is 1.80.